The molecule has 2 unspecified atom stereocenters. The zero-order valence-electron chi connectivity index (χ0n) is 15.2. The predicted molar refractivity (Wildman–Crippen MR) is 93.0 cm³/mol. The van der Waals surface area contributed by atoms with Crippen LogP contribution in [0.1, 0.15) is 38.6 Å². The van der Waals surface area contributed by atoms with Crippen molar-refractivity contribution >= 4 is 11.8 Å². The van der Waals surface area contributed by atoms with E-state index in [1.54, 1.807) is 0 Å². The van der Waals surface area contributed by atoms with E-state index in [9.17, 15) is 9.59 Å². The van der Waals surface area contributed by atoms with Crippen molar-refractivity contribution < 1.29 is 9.59 Å². The second-order valence-electron chi connectivity index (χ2n) is 7.13. The summed E-state index contributed by atoms with van der Waals surface area (Å²) in [7, 11) is 0. The van der Waals surface area contributed by atoms with Gasteiger partial charge in [0.1, 0.15) is 0 Å². The molecule has 2 atom stereocenters. The van der Waals surface area contributed by atoms with Crippen LogP contribution in [0.5, 0.6) is 0 Å². The van der Waals surface area contributed by atoms with Gasteiger partial charge in [-0.1, -0.05) is 20.8 Å². The van der Waals surface area contributed by atoms with Crippen molar-refractivity contribution in [2.45, 2.75) is 52.9 Å². The van der Waals surface area contributed by atoms with Gasteiger partial charge in [-0.2, -0.15) is 5.10 Å². The van der Waals surface area contributed by atoms with Crippen LogP contribution in [0.4, 0.5) is 0 Å². The number of carbonyl (C=O) groups excluding carboxylic acids is 2. The maximum atomic E-state index is 12.4. The molecule has 2 aliphatic rings. The number of nitrogens with zero attached hydrogens (tertiary/aromatic N) is 3. The lowest BCUT2D eigenvalue weighted by atomic mass is 9.99. The molecule has 0 aliphatic carbocycles. The number of rotatable bonds is 5. The molecule has 25 heavy (non-hydrogen) atoms. The van der Waals surface area contributed by atoms with E-state index in [0.717, 1.165) is 17.8 Å². The van der Waals surface area contributed by atoms with Gasteiger partial charge in [0.05, 0.1) is 36.9 Å². The van der Waals surface area contributed by atoms with E-state index >= 15 is 0 Å². The first-order valence-corrected chi connectivity index (χ1v) is 9.10. The molecule has 2 amide bonds. The Balaban J connectivity index is 1.57. The molecule has 3 N–H and O–H groups in total. The molecule has 0 aromatic carbocycles. The number of fused-ring (bicyclic) bond motifs is 1. The van der Waals surface area contributed by atoms with Crippen LogP contribution in [0.15, 0.2) is 6.07 Å². The van der Waals surface area contributed by atoms with Crippen LogP contribution in [0.25, 0.3) is 0 Å². The first kappa shape index (κ1) is 17.9. The van der Waals surface area contributed by atoms with Gasteiger partial charge >= 0.3 is 0 Å². The summed E-state index contributed by atoms with van der Waals surface area (Å²) in [6.45, 7) is 8.97. The van der Waals surface area contributed by atoms with Gasteiger partial charge in [-0.25, -0.2) is 0 Å². The molecule has 0 radical (unpaired) electrons. The van der Waals surface area contributed by atoms with Crippen molar-refractivity contribution in [2.24, 2.45) is 11.8 Å². The molecule has 8 nitrogen and oxygen atoms in total. The molecule has 8 heteroatoms. The molecular weight excluding hydrogens is 320 g/mol. The van der Waals surface area contributed by atoms with Crippen molar-refractivity contribution in [3.63, 3.8) is 0 Å². The normalized spacial score (nSPS) is 23.0. The third kappa shape index (κ3) is 3.85. The highest BCUT2D eigenvalue weighted by atomic mass is 16.2. The molecule has 1 aromatic heterocycles. The fourth-order valence-corrected chi connectivity index (χ4v) is 3.48. The zero-order valence-corrected chi connectivity index (χ0v) is 15.2. The molecule has 0 saturated carbocycles. The van der Waals surface area contributed by atoms with E-state index in [4.69, 9.17) is 0 Å². The molecule has 138 valence electrons. The third-order valence-corrected chi connectivity index (χ3v) is 4.97. The largest absolute Gasteiger partial charge is 0.350 e. The SMILES string of the molecule is CCC1NNCC1C(=O)NCc1cc2n(n1)CCN(C(=O)C(C)C)C2. The minimum absolute atomic E-state index is 0.00775. The predicted octanol–water partition coefficient (Wildman–Crippen LogP) is 0.000100. The Bertz CT molecular complexity index is 641. The molecule has 2 aliphatic heterocycles. The van der Waals surface area contributed by atoms with E-state index in [2.05, 4.69) is 28.2 Å². The number of aromatic nitrogens is 2. The highest BCUT2D eigenvalue weighted by molar-refractivity contribution is 5.80. The van der Waals surface area contributed by atoms with Crippen LogP contribution in [-0.2, 0) is 29.2 Å². The first-order valence-electron chi connectivity index (χ1n) is 9.10. The minimum Gasteiger partial charge on any atom is -0.350 e. The van der Waals surface area contributed by atoms with Crippen LogP contribution >= 0.6 is 0 Å². The Morgan fingerprint density at radius 3 is 2.92 bits per heavy atom. The van der Waals surface area contributed by atoms with Gasteiger partial charge in [0.15, 0.2) is 0 Å². The highest BCUT2D eigenvalue weighted by Crippen LogP contribution is 2.16. The Labute approximate surface area is 148 Å². The molecule has 0 bridgehead atoms. The lowest BCUT2D eigenvalue weighted by Crippen LogP contribution is -2.40. The Hall–Kier alpha value is -1.93. The molecule has 1 saturated heterocycles. The van der Waals surface area contributed by atoms with Crippen LogP contribution in [0.2, 0.25) is 0 Å². The quantitative estimate of drug-likeness (QED) is 0.697. The summed E-state index contributed by atoms with van der Waals surface area (Å²) in [4.78, 5) is 26.4. The number of carbonyl (C=O) groups is 2. The van der Waals surface area contributed by atoms with Crippen LogP contribution in [0.3, 0.4) is 0 Å². The van der Waals surface area contributed by atoms with Gasteiger partial charge in [-0.3, -0.25) is 25.1 Å². The lowest BCUT2D eigenvalue weighted by molar-refractivity contribution is -0.136. The van der Waals surface area contributed by atoms with Crippen molar-refractivity contribution in [3.05, 3.63) is 17.5 Å². The summed E-state index contributed by atoms with van der Waals surface area (Å²) < 4.78 is 1.94. The standard InChI is InChI=1S/C17H28N6O2/c1-4-15-14(9-19-20-15)16(24)18-8-12-7-13-10-22(17(25)11(2)3)5-6-23(13)21-12/h7,11,14-15,19-20H,4-6,8-10H2,1-3H3,(H,18,24). The third-order valence-electron chi connectivity index (χ3n) is 4.97. The maximum absolute atomic E-state index is 12.4. The number of hydrogen-bond donors (Lipinski definition) is 3. The van der Waals surface area contributed by atoms with E-state index in [1.807, 2.05) is 29.5 Å². The Kier molecular flexibility index (Phi) is 5.39. The molecule has 0 spiro atoms. The van der Waals surface area contributed by atoms with Gasteiger partial charge in [0.2, 0.25) is 11.8 Å². The second-order valence-corrected chi connectivity index (χ2v) is 7.13. The lowest BCUT2D eigenvalue weighted by Gasteiger charge is -2.29. The fraction of sp³-hybridized carbons (Fsp3) is 0.706. The summed E-state index contributed by atoms with van der Waals surface area (Å²) in [5.74, 6) is 0.177. The molecule has 3 heterocycles. The Morgan fingerprint density at radius 2 is 2.20 bits per heavy atom. The molecular formula is C17H28N6O2. The molecule has 3 rings (SSSR count). The highest BCUT2D eigenvalue weighted by Gasteiger charge is 2.31. The van der Waals surface area contributed by atoms with Crippen LogP contribution < -0.4 is 16.2 Å². The second kappa shape index (κ2) is 7.53. The van der Waals surface area contributed by atoms with Gasteiger partial charge in [0, 0.05) is 25.0 Å². The van der Waals surface area contributed by atoms with Gasteiger partial charge in [-0.15, -0.1) is 0 Å². The fourth-order valence-electron chi connectivity index (χ4n) is 3.48. The monoisotopic (exact) mass is 348 g/mol. The zero-order chi connectivity index (χ0) is 18.0. The van der Waals surface area contributed by atoms with Crippen LogP contribution in [0, 0.1) is 11.8 Å². The van der Waals surface area contributed by atoms with Crippen LogP contribution in [-0.4, -0.2) is 45.6 Å². The summed E-state index contributed by atoms with van der Waals surface area (Å²) in [6, 6.07) is 2.16. The molecule has 1 fully saturated rings. The number of nitrogens with one attached hydrogen (secondary N) is 3. The van der Waals surface area contributed by atoms with Crippen molar-refractivity contribution in [1.29, 1.82) is 0 Å². The topological polar surface area (TPSA) is 91.3 Å². The summed E-state index contributed by atoms with van der Waals surface area (Å²) in [5, 5.41) is 7.55. The van der Waals surface area contributed by atoms with E-state index in [1.165, 1.54) is 0 Å². The van der Waals surface area contributed by atoms with Gasteiger partial charge in [0.25, 0.3) is 0 Å². The van der Waals surface area contributed by atoms with Crippen molar-refractivity contribution in [3.8, 4) is 0 Å². The Morgan fingerprint density at radius 1 is 1.40 bits per heavy atom. The maximum Gasteiger partial charge on any atom is 0.226 e. The van der Waals surface area contributed by atoms with E-state index in [0.29, 0.717) is 32.7 Å². The van der Waals surface area contributed by atoms with E-state index < -0.39 is 0 Å². The average Bonchev–Trinajstić information content (AvgIpc) is 3.24. The van der Waals surface area contributed by atoms with Crippen molar-refractivity contribution in [1.82, 2.24) is 30.8 Å². The smallest absolute Gasteiger partial charge is 0.226 e. The average molecular weight is 348 g/mol. The van der Waals surface area contributed by atoms with Crippen molar-refractivity contribution in [2.75, 3.05) is 13.1 Å². The van der Waals surface area contributed by atoms with Gasteiger partial charge in [-0.05, 0) is 12.5 Å². The molecule has 1 aromatic rings. The number of amides is 2. The summed E-state index contributed by atoms with van der Waals surface area (Å²) in [5.41, 5.74) is 8.05. The summed E-state index contributed by atoms with van der Waals surface area (Å²) >= 11 is 0. The number of hydrazine groups is 1. The minimum atomic E-state index is -0.0543. The van der Waals surface area contributed by atoms with Gasteiger partial charge < -0.3 is 10.2 Å². The van der Waals surface area contributed by atoms with E-state index in [-0.39, 0.29) is 29.7 Å². The summed E-state index contributed by atoms with van der Waals surface area (Å²) in [6.07, 6.45) is 0.906. The number of hydrogen-bond acceptors (Lipinski definition) is 5. The first-order chi connectivity index (χ1) is 12.0.